The Morgan fingerprint density at radius 1 is 1.30 bits per heavy atom. The number of carbonyl (C=O) groups excluding carboxylic acids is 1. The number of amides is 1. The van der Waals surface area contributed by atoms with Crippen LogP contribution in [-0.2, 0) is 9.53 Å². The van der Waals surface area contributed by atoms with Crippen LogP contribution in [0, 0.1) is 5.92 Å². The third-order valence-electron chi connectivity index (χ3n) is 2.68. The van der Waals surface area contributed by atoms with E-state index in [4.69, 9.17) is 4.74 Å². The molecule has 0 saturated carbocycles. The molecule has 0 aromatic carbocycles. The van der Waals surface area contributed by atoms with Crippen molar-refractivity contribution in [2.24, 2.45) is 10.9 Å². The molecule has 1 amide bonds. The summed E-state index contributed by atoms with van der Waals surface area (Å²) >= 11 is 0. The minimum Gasteiger partial charge on any atom is -0.381 e. The van der Waals surface area contributed by atoms with Crippen LogP contribution < -0.4 is 10.6 Å². The number of aliphatic imine (C=N–C) groups is 1. The molecule has 0 aliphatic carbocycles. The van der Waals surface area contributed by atoms with Gasteiger partial charge in [0.15, 0.2) is 5.96 Å². The van der Waals surface area contributed by atoms with Crippen molar-refractivity contribution in [3.05, 3.63) is 0 Å². The van der Waals surface area contributed by atoms with Crippen molar-refractivity contribution in [3.63, 3.8) is 0 Å². The van der Waals surface area contributed by atoms with Crippen LogP contribution >= 0.6 is 0 Å². The van der Waals surface area contributed by atoms with Crippen LogP contribution in [0.5, 0.6) is 0 Å². The quantitative estimate of drug-likeness (QED) is 0.376. The van der Waals surface area contributed by atoms with Gasteiger partial charge in [-0.3, -0.25) is 9.79 Å². The van der Waals surface area contributed by atoms with E-state index in [1.54, 1.807) is 0 Å². The number of alkyl halides is 3. The molecule has 0 saturated heterocycles. The Bertz CT molecular complexity index is 374. The van der Waals surface area contributed by atoms with E-state index in [2.05, 4.69) is 29.5 Å². The monoisotopic (exact) mass is 340 g/mol. The topological polar surface area (TPSA) is 66.0 Å². The number of rotatable bonds is 9. The van der Waals surface area contributed by atoms with Crippen LogP contribution in [0.1, 0.15) is 20.3 Å². The number of guanidine groups is 1. The zero-order valence-electron chi connectivity index (χ0n) is 14.2. The van der Waals surface area contributed by atoms with Crippen LogP contribution in [-0.4, -0.2) is 69.9 Å². The van der Waals surface area contributed by atoms with E-state index in [1.807, 2.05) is 0 Å². The van der Waals surface area contributed by atoms with Crippen LogP contribution in [0.2, 0.25) is 0 Å². The minimum atomic E-state index is -4.40. The lowest BCUT2D eigenvalue weighted by Crippen LogP contribution is -2.45. The predicted molar refractivity (Wildman–Crippen MR) is 83.3 cm³/mol. The largest absolute Gasteiger partial charge is 0.406 e. The molecule has 0 atom stereocenters. The Labute approximate surface area is 135 Å². The van der Waals surface area contributed by atoms with Crippen molar-refractivity contribution >= 4 is 11.9 Å². The number of nitrogens with one attached hydrogen (secondary N) is 2. The normalized spacial score (nSPS) is 12.4. The minimum absolute atomic E-state index is 0.254. The van der Waals surface area contributed by atoms with Crippen molar-refractivity contribution in [1.29, 1.82) is 0 Å². The molecule has 0 aliphatic rings. The zero-order chi connectivity index (χ0) is 17.9. The fourth-order valence-electron chi connectivity index (χ4n) is 1.57. The summed E-state index contributed by atoms with van der Waals surface area (Å²) in [5.74, 6) is 0.185. The molecule has 0 rings (SSSR count). The maximum absolute atomic E-state index is 12.2. The van der Waals surface area contributed by atoms with Crippen LogP contribution in [0.15, 0.2) is 4.99 Å². The van der Waals surface area contributed by atoms with Gasteiger partial charge in [-0.05, 0) is 12.3 Å². The smallest absolute Gasteiger partial charge is 0.381 e. The van der Waals surface area contributed by atoms with Gasteiger partial charge < -0.3 is 20.3 Å². The molecule has 0 bridgehead atoms. The average molecular weight is 340 g/mol. The summed E-state index contributed by atoms with van der Waals surface area (Å²) in [6, 6.07) is 0. The lowest BCUT2D eigenvalue weighted by atomic mass is 10.2. The van der Waals surface area contributed by atoms with Crippen molar-refractivity contribution in [2.75, 3.05) is 46.9 Å². The van der Waals surface area contributed by atoms with Gasteiger partial charge in [0.1, 0.15) is 6.54 Å². The van der Waals surface area contributed by atoms with Gasteiger partial charge in [-0.25, -0.2) is 0 Å². The van der Waals surface area contributed by atoms with E-state index in [-0.39, 0.29) is 6.54 Å². The molecular weight excluding hydrogens is 313 g/mol. The number of nitrogens with zero attached hydrogens (tertiary/aromatic N) is 2. The first kappa shape index (κ1) is 21.5. The molecular formula is C14H27F3N4O2. The molecule has 23 heavy (non-hydrogen) atoms. The summed E-state index contributed by atoms with van der Waals surface area (Å²) in [4.78, 5) is 16.1. The first-order valence-electron chi connectivity index (χ1n) is 7.48. The Morgan fingerprint density at radius 3 is 2.48 bits per heavy atom. The highest BCUT2D eigenvalue weighted by molar-refractivity contribution is 5.86. The fourth-order valence-corrected chi connectivity index (χ4v) is 1.57. The predicted octanol–water partition coefficient (Wildman–Crippen LogP) is 1.23. The van der Waals surface area contributed by atoms with Gasteiger partial charge in [0.05, 0.1) is 6.54 Å². The molecule has 0 unspecified atom stereocenters. The van der Waals surface area contributed by atoms with Gasteiger partial charge in [-0.15, -0.1) is 0 Å². The van der Waals surface area contributed by atoms with E-state index >= 15 is 0 Å². The van der Waals surface area contributed by atoms with Crippen LogP contribution in [0.4, 0.5) is 13.2 Å². The van der Waals surface area contributed by atoms with Gasteiger partial charge in [0.25, 0.3) is 0 Å². The second kappa shape index (κ2) is 11.1. The van der Waals surface area contributed by atoms with Crippen LogP contribution in [0.3, 0.4) is 0 Å². The molecule has 136 valence electrons. The molecule has 0 spiro atoms. The van der Waals surface area contributed by atoms with Gasteiger partial charge in [-0.2, -0.15) is 13.2 Å². The Morgan fingerprint density at radius 2 is 1.96 bits per heavy atom. The molecule has 0 aliphatic heterocycles. The standard InChI is InChI=1S/C14H27F3N4O2/c1-11(2)9-23-7-5-6-19-13(18-3)20-8-12(22)21(4)10-14(15,16)17/h11H,5-10H2,1-4H3,(H2,18,19,20). The second-order valence-corrected chi connectivity index (χ2v) is 5.54. The Hall–Kier alpha value is -1.51. The van der Waals surface area contributed by atoms with E-state index < -0.39 is 18.6 Å². The molecule has 2 N–H and O–H groups in total. The van der Waals surface area contributed by atoms with E-state index in [1.165, 1.54) is 7.05 Å². The Balaban J connectivity index is 3.91. The molecule has 0 fully saturated rings. The molecule has 0 aromatic heterocycles. The number of halogens is 3. The molecule has 9 heteroatoms. The van der Waals surface area contributed by atoms with Crippen molar-refractivity contribution < 1.29 is 22.7 Å². The van der Waals surface area contributed by atoms with Crippen LogP contribution in [0.25, 0.3) is 0 Å². The SMILES string of the molecule is CN=C(NCCCOCC(C)C)NCC(=O)N(C)CC(F)(F)F. The molecule has 6 nitrogen and oxygen atoms in total. The van der Waals surface area contributed by atoms with E-state index in [9.17, 15) is 18.0 Å². The zero-order valence-corrected chi connectivity index (χ0v) is 14.2. The summed E-state index contributed by atoms with van der Waals surface area (Å²) < 4.78 is 42.0. The lowest BCUT2D eigenvalue weighted by Gasteiger charge is -2.20. The number of hydrogen-bond donors (Lipinski definition) is 2. The summed E-state index contributed by atoms with van der Waals surface area (Å²) in [6.45, 7) is 4.50. The molecule has 0 aromatic rings. The summed E-state index contributed by atoms with van der Waals surface area (Å²) in [5.41, 5.74) is 0. The molecule has 0 radical (unpaired) electrons. The fraction of sp³-hybridized carbons (Fsp3) is 0.857. The highest BCUT2D eigenvalue weighted by Crippen LogP contribution is 2.15. The first-order valence-corrected chi connectivity index (χ1v) is 7.48. The van der Waals surface area contributed by atoms with E-state index in [0.717, 1.165) is 13.5 Å². The van der Waals surface area contributed by atoms with Gasteiger partial charge in [0.2, 0.25) is 5.91 Å². The summed E-state index contributed by atoms with van der Waals surface area (Å²) in [6.07, 6.45) is -3.64. The van der Waals surface area contributed by atoms with Crippen molar-refractivity contribution in [2.45, 2.75) is 26.4 Å². The van der Waals surface area contributed by atoms with Gasteiger partial charge >= 0.3 is 6.18 Å². The molecule has 0 heterocycles. The second-order valence-electron chi connectivity index (χ2n) is 5.54. The summed E-state index contributed by atoms with van der Waals surface area (Å²) in [7, 11) is 2.63. The van der Waals surface area contributed by atoms with Gasteiger partial charge in [0, 0.05) is 33.9 Å². The lowest BCUT2D eigenvalue weighted by molar-refractivity contribution is -0.157. The van der Waals surface area contributed by atoms with E-state index in [0.29, 0.717) is 36.5 Å². The number of ether oxygens (including phenoxy) is 1. The average Bonchev–Trinajstić information content (AvgIpc) is 2.43. The third kappa shape index (κ3) is 12.7. The number of hydrogen-bond acceptors (Lipinski definition) is 3. The third-order valence-corrected chi connectivity index (χ3v) is 2.68. The summed E-state index contributed by atoms with van der Waals surface area (Å²) in [5, 5.41) is 5.65. The maximum atomic E-state index is 12.2. The van der Waals surface area contributed by atoms with Gasteiger partial charge in [-0.1, -0.05) is 13.8 Å². The highest BCUT2D eigenvalue weighted by atomic mass is 19.4. The Kier molecular flexibility index (Phi) is 10.4. The first-order chi connectivity index (χ1) is 10.7. The number of carbonyl (C=O) groups is 1. The van der Waals surface area contributed by atoms with Crippen molar-refractivity contribution in [3.8, 4) is 0 Å². The maximum Gasteiger partial charge on any atom is 0.406 e. The van der Waals surface area contributed by atoms with Crippen molar-refractivity contribution in [1.82, 2.24) is 15.5 Å². The highest BCUT2D eigenvalue weighted by Gasteiger charge is 2.31. The number of likely N-dealkylation sites (N-methyl/N-ethyl adjacent to an activating group) is 1.